The second kappa shape index (κ2) is 10.3. The Balaban J connectivity index is 2.69. The minimum atomic E-state index is -0.399. The average Bonchev–Trinajstić information content (AvgIpc) is 2.42. The predicted molar refractivity (Wildman–Crippen MR) is 92.1 cm³/mol. The molecule has 1 rings (SSSR count). The molecule has 0 aliphatic rings. The summed E-state index contributed by atoms with van der Waals surface area (Å²) in [6, 6.07) is 2.97. The largest absolute Gasteiger partial charge is 0.380 e. The van der Waals surface area contributed by atoms with E-state index in [0.29, 0.717) is 21.8 Å². The van der Waals surface area contributed by atoms with Gasteiger partial charge in [-0.3, -0.25) is 0 Å². The molecule has 0 heterocycles. The van der Waals surface area contributed by atoms with Crippen molar-refractivity contribution in [3.05, 3.63) is 28.0 Å². The van der Waals surface area contributed by atoms with Crippen molar-refractivity contribution in [2.75, 3.05) is 5.32 Å². The van der Waals surface area contributed by atoms with Crippen molar-refractivity contribution in [1.82, 2.24) is 0 Å². The van der Waals surface area contributed by atoms with Gasteiger partial charge in [0.2, 0.25) is 0 Å². The average molecular weight is 334 g/mol. The molecule has 1 nitrogen and oxygen atoms in total. The number of benzene rings is 1. The van der Waals surface area contributed by atoms with Gasteiger partial charge in [0.05, 0.1) is 15.7 Å². The number of hydrogen-bond acceptors (Lipinski definition) is 1. The summed E-state index contributed by atoms with van der Waals surface area (Å²) in [6.45, 7) is 4.40. The normalized spacial score (nSPS) is 11.1. The summed E-state index contributed by atoms with van der Waals surface area (Å²) in [6.07, 6.45) is 9.46. The Morgan fingerprint density at radius 1 is 0.952 bits per heavy atom. The zero-order chi connectivity index (χ0) is 15.7. The van der Waals surface area contributed by atoms with E-state index >= 15 is 0 Å². The van der Waals surface area contributed by atoms with Crippen molar-refractivity contribution in [2.24, 2.45) is 0 Å². The maximum Gasteiger partial charge on any atom is 0.126 e. The summed E-state index contributed by atoms with van der Waals surface area (Å²) in [5.41, 5.74) is 0.665. The van der Waals surface area contributed by atoms with Gasteiger partial charge in [0, 0.05) is 6.04 Å². The van der Waals surface area contributed by atoms with Crippen molar-refractivity contribution in [1.29, 1.82) is 0 Å². The minimum Gasteiger partial charge on any atom is -0.380 e. The highest BCUT2D eigenvalue weighted by molar-refractivity contribution is 6.39. The molecule has 0 aliphatic carbocycles. The van der Waals surface area contributed by atoms with E-state index in [0.717, 1.165) is 12.8 Å². The number of halogens is 3. The lowest BCUT2D eigenvalue weighted by molar-refractivity contribution is 0.526. The summed E-state index contributed by atoms with van der Waals surface area (Å²) >= 11 is 12.2. The Kier molecular flexibility index (Phi) is 9.10. The van der Waals surface area contributed by atoms with Gasteiger partial charge in [-0.1, -0.05) is 75.6 Å². The lowest BCUT2D eigenvalue weighted by atomic mass is 10.0. The van der Waals surface area contributed by atoms with Crippen LogP contribution in [0.1, 0.15) is 65.2 Å². The molecule has 0 radical (unpaired) electrons. The number of hydrogen-bond donors (Lipinski definition) is 1. The number of nitrogens with one attached hydrogen (secondary N) is 1. The van der Waals surface area contributed by atoms with E-state index in [9.17, 15) is 4.39 Å². The molecule has 0 fully saturated rings. The van der Waals surface area contributed by atoms with E-state index in [4.69, 9.17) is 23.2 Å². The summed E-state index contributed by atoms with van der Waals surface area (Å²) in [5.74, 6) is -0.399. The summed E-state index contributed by atoms with van der Waals surface area (Å²) < 4.78 is 13.2. The van der Waals surface area contributed by atoms with Gasteiger partial charge >= 0.3 is 0 Å². The van der Waals surface area contributed by atoms with Crippen molar-refractivity contribution < 1.29 is 4.39 Å². The monoisotopic (exact) mass is 333 g/mol. The molecule has 120 valence electrons. The third kappa shape index (κ3) is 6.88. The quantitative estimate of drug-likeness (QED) is 0.451. The highest BCUT2D eigenvalue weighted by Gasteiger charge is 2.14. The first-order valence-corrected chi connectivity index (χ1v) is 8.75. The van der Waals surface area contributed by atoms with E-state index in [1.54, 1.807) is 0 Å². The predicted octanol–water partition coefficient (Wildman–Crippen LogP) is 7.07. The molecule has 0 bridgehead atoms. The fourth-order valence-corrected chi connectivity index (χ4v) is 3.02. The standard InChI is InChI=1S/C17H26Cl2FN/c1-3-5-7-9-14(10-8-6-4-2)21-17-15(18)11-13(20)12-16(17)19/h11-12,14,21H,3-10H2,1-2H3. The molecule has 0 unspecified atom stereocenters. The third-order valence-corrected chi connectivity index (χ3v) is 4.26. The van der Waals surface area contributed by atoms with Crippen molar-refractivity contribution in [3.63, 3.8) is 0 Å². The summed E-state index contributed by atoms with van der Waals surface area (Å²) in [5, 5.41) is 4.14. The second-order valence-electron chi connectivity index (χ2n) is 5.58. The fraction of sp³-hybridized carbons (Fsp3) is 0.647. The first kappa shape index (κ1) is 18.6. The van der Waals surface area contributed by atoms with Crippen LogP contribution in [0.3, 0.4) is 0 Å². The van der Waals surface area contributed by atoms with E-state index in [2.05, 4.69) is 19.2 Å². The number of rotatable bonds is 10. The second-order valence-corrected chi connectivity index (χ2v) is 6.39. The van der Waals surface area contributed by atoms with Crippen LogP contribution in [-0.2, 0) is 0 Å². The fourth-order valence-electron chi connectivity index (χ4n) is 2.45. The molecule has 0 saturated carbocycles. The summed E-state index contributed by atoms with van der Waals surface area (Å²) in [7, 11) is 0. The highest BCUT2D eigenvalue weighted by Crippen LogP contribution is 2.33. The molecule has 0 spiro atoms. The minimum absolute atomic E-state index is 0.351. The maximum absolute atomic E-state index is 13.2. The van der Waals surface area contributed by atoms with Crippen LogP contribution in [0.2, 0.25) is 10.0 Å². The van der Waals surface area contributed by atoms with Gasteiger partial charge in [0.15, 0.2) is 0 Å². The Morgan fingerprint density at radius 2 is 1.43 bits per heavy atom. The van der Waals surface area contributed by atoms with Gasteiger partial charge in [0.25, 0.3) is 0 Å². The molecule has 0 saturated heterocycles. The van der Waals surface area contributed by atoms with Gasteiger partial charge in [-0.05, 0) is 25.0 Å². The van der Waals surface area contributed by atoms with Crippen LogP contribution < -0.4 is 5.32 Å². The SMILES string of the molecule is CCCCCC(CCCCC)Nc1c(Cl)cc(F)cc1Cl. The third-order valence-electron chi connectivity index (χ3n) is 3.67. The van der Waals surface area contributed by atoms with Crippen LogP contribution in [-0.4, -0.2) is 6.04 Å². The molecule has 1 N–H and O–H groups in total. The molecule has 0 aromatic heterocycles. The van der Waals surface area contributed by atoms with Crippen LogP contribution in [0.25, 0.3) is 0 Å². The first-order valence-electron chi connectivity index (χ1n) is 7.99. The Bertz CT molecular complexity index is 390. The van der Waals surface area contributed by atoms with E-state index in [-0.39, 0.29) is 0 Å². The van der Waals surface area contributed by atoms with Gasteiger partial charge in [-0.2, -0.15) is 0 Å². The molecular formula is C17H26Cl2FN. The van der Waals surface area contributed by atoms with E-state index in [1.165, 1.54) is 50.7 Å². The lowest BCUT2D eigenvalue weighted by Crippen LogP contribution is -2.20. The topological polar surface area (TPSA) is 12.0 Å². The lowest BCUT2D eigenvalue weighted by Gasteiger charge is -2.21. The smallest absolute Gasteiger partial charge is 0.126 e. The molecule has 1 aromatic carbocycles. The molecule has 1 aromatic rings. The number of anilines is 1. The molecule has 4 heteroatoms. The summed E-state index contributed by atoms with van der Waals surface area (Å²) in [4.78, 5) is 0. The molecule has 0 aliphatic heterocycles. The molecule has 0 amide bonds. The zero-order valence-corrected chi connectivity index (χ0v) is 14.5. The Hall–Kier alpha value is -0.470. The van der Waals surface area contributed by atoms with Crippen LogP contribution in [0, 0.1) is 5.82 Å². The van der Waals surface area contributed by atoms with E-state index in [1.807, 2.05) is 0 Å². The Labute approximate surface area is 138 Å². The molecule has 21 heavy (non-hydrogen) atoms. The van der Waals surface area contributed by atoms with E-state index < -0.39 is 5.82 Å². The van der Waals surface area contributed by atoms with Crippen LogP contribution in [0.15, 0.2) is 12.1 Å². The zero-order valence-electron chi connectivity index (χ0n) is 13.0. The molecular weight excluding hydrogens is 308 g/mol. The maximum atomic E-state index is 13.2. The van der Waals surface area contributed by atoms with Gasteiger partial charge < -0.3 is 5.32 Å². The van der Waals surface area contributed by atoms with Gasteiger partial charge in [-0.25, -0.2) is 4.39 Å². The number of unbranched alkanes of at least 4 members (excludes halogenated alkanes) is 4. The first-order chi connectivity index (χ1) is 10.1. The van der Waals surface area contributed by atoms with Gasteiger partial charge in [0.1, 0.15) is 5.82 Å². The van der Waals surface area contributed by atoms with Crippen LogP contribution in [0.5, 0.6) is 0 Å². The van der Waals surface area contributed by atoms with Crippen LogP contribution in [0.4, 0.5) is 10.1 Å². The van der Waals surface area contributed by atoms with Gasteiger partial charge in [-0.15, -0.1) is 0 Å². The van der Waals surface area contributed by atoms with Crippen LogP contribution >= 0.6 is 23.2 Å². The van der Waals surface area contributed by atoms with Crippen molar-refractivity contribution >= 4 is 28.9 Å². The van der Waals surface area contributed by atoms with Crippen molar-refractivity contribution in [3.8, 4) is 0 Å². The molecule has 0 atom stereocenters. The highest BCUT2D eigenvalue weighted by atomic mass is 35.5. The van der Waals surface area contributed by atoms with Crippen molar-refractivity contribution in [2.45, 2.75) is 71.3 Å². The Morgan fingerprint density at radius 3 is 1.86 bits per heavy atom.